The summed E-state index contributed by atoms with van der Waals surface area (Å²) >= 11 is 0. The maximum atomic E-state index is 9.37. The molecule has 0 amide bonds. The van der Waals surface area contributed by atoms with Gasteiger partial charge in [-0.05, 0) is 18.6 Å². The van der Waals surface area contributed by atoms with E-state index in [0.717, 1.165) is 33.2 Å². The summed E-state index contributed by atoms with van der Waals surface area (Å²) in [5, 5.41) is 11.4. The molecule has 0 bridgehead atoms. The minimum atomic E-state index is -0.209. The Morgan fingerprint density at radius 3 is 3.00 bits per heavy atom. The van der Waals surface area contributed by atoms with E-state index in [1.54, 1.807) is 32.2 Å². The van der Waals surface area contributed by atoms with Crippen molar-refractivity contribution in [3.8, 4) is 11.3 Å². The van der Waals surface area contributed by atoms with Gasteiger partial charge in [0.2, 0.25) is 0 Å². The van der Waals surface area contributed by atoms with Crippen molar-refractivity contribution in [3.05, 3.63) is 43.4 Å². The minimum Gasteiger partial charge on any atom is -0.472 e. The van der Waals surface area contributed by atoms with Crippen molar-refractivity contribution in [3.63, 3.8) is 0 Å². The van der Waals surface area contributed by atoms with Crippen LogP contribution in [0.2, 0.25) is 0 Å². The number of aromatic nitrogens is 4. The molecule has 0 aliphatic heterocycles. The number of ether oxygens (including phenoxy) is 1. The van der Waals surface area contributed by atoms with Crippen LogP contribution in [0.1, 0.15) is 6.42 Å². The molecule has 0 spiro atoms. The van der Waals surface area contributed by atoms with Crippen LogP contribution in [-0.4, -0.2) is 44.4 Å². The first-order valence-corrected chi connectivity index (χ1v) is 8.06. The first kappa shape index (κ1) is 15.7. The third-order valence-electron chi connectivity index (χ3n) is 4.45. The van der Waals surface area contributed by atoms with Crippen molar-refractivity contribution in [1.82, 2.24) is 19.5 Å². The first-order valence-electron chi connectivity index (χ1n) is 8.06. The number of pyridine rings is 1. The maximum absolute atomic E-state index is 9.37. The van der Waals surface area contributed by atoms with Gasteiger partial charge in [-0.25, -0.2) is 9.97 Å². The standard InChI is InChI=1S/C18H18N4O3/c1-24-13(9-23)3-6-22-15-8-19-5-2-14(15)16-17(12-4-7-25-10-12)20-11-21-18(16)22/h2,4-5,7-8,10-11,13,23H,3,6,9H2,1H3. The number of methoxy groups -OCH3 is 1. The van der Waals surface area contributed by atoms with Gasteiger partial charge in [0, 0.05) is 30.8 Å². The number of rotatable bonds is 6. The maximum Gasteiger partial charge on any atom is 0.145 e. The number of hydrogen-bond acceptors (Lipinski definition) is 6. The highest BCUT2D eigenvalue weighted by Gasteiger charge is 2.18. The van der Waals surface area contributed by atoms with Gasteiger partial charge < -0.3 is 18.8 Å². The fourth-order valence-electron chi connectivity index (χ4n) is 3.16. The molecule has 0 saturated heterocycles. The Morgan fingerprint density at radius 1 is 1.32 bits per heavy atom. The van der Waals surface area contributed by atoms with Crippen LogP contribution in [0, 0.1) is 0 Å². The van der Waals surface area contributed by atoms with Crippen molar-refractivity contribution in [2.24, 2.45) is 0 Å². The predicted molar refractivity (Wildman–Crippen MR) is 93.0 cm³/mol. The Morgan fingerprint density at radius 2 is 2.24 bits per heavy atom. The molecular formula is C18H18N4O3. The van der Waals surface area contributed by atoms with E-state index in [-0.39, 0.29) is 12.7 Å². The van der Waals surface area contributed by atoms with E-state index in [1.807, 2.05) is 18.3 Å². The lowest BCUT2D eigenvalue weighted by atomic mass is 10.1. The monoisotopic (exact) mass is 338 g/mol. The van der Waals surface area contributed by atoms with Crippen molar-refractivity contribution in [2.45, 2.75) is 19.1 Å². The number of hydrogen-bond donors (Lipinski definition) is 1. The summed E-state index contributed by atoms with van der Waals surface area (Å²) < 4.78 is 12.6. The lowest BCUT2D eigenvalue weighted by molar-refractivity contribution is 0.0407. The molecule has 0 aromatic carbocycles. The van der Waals surface area contributed by atoms with Crippen LogP contribution in [0.25, 0.3) is 33.2 Å². The Labute approximate surface area is 143 Å². The van der Waals surface area contributed by atoms with Crippen molar-refractivity contribution in [2.75, 3.05) is 13.7 Å². The molecule has 128 valence electrons. The Hall–Kier alpha value is -2.77. The van der Waals surface area contributed by atoms with Gasteiger partial charge in [-0.1, -0.05) is 0 Å². The van der Waals surface area contributed by atoms with Crippen LogP contribution >= 0.6 is 0 Å². The number of aliphatic hydroxyl groups is 1. The summed E-state index contributed by atoms with van der Waals surface area (Å²) in [6.07, 6.45) is 8.94. The minimum absolute atomic E-state index is 0.0128. The summed E-state index contributed by atoms with van der Waals surface area (Å²) in [7, 11) is 1.60. The lowest BCUT2D eigenvalue weighted by Crippen LogP contribution is -2.18. The molecule has 7 heteroatoms. The first-order chi connectivity index (χ1) is 12.3. The highest BCUT2D eigenvalue weighted by atomic mass is 16.5. The highest BCUT2D eigenvalue weighted by molar-refractivity contribution is 6.12. The van der Waals surface area contributed by atoms with Crippen LogP contribution in [0.15, 0.2) is 47.8 Å². The zero-order valence-corrected chi connectivity index (χ0v) is 13.8. The molecule has 1 unspecified atom stereocenters. The van der Waals surface area contributed by atoms with Gasteiger partial charge in [0.15, 0.2) is 0 Å². The molecule has 1 atom stereocenters. The van der Waals surface area contributed by atoms with Crippen molar-refractivity contribution in [1.29, 1.82) is 0 Å². The van der Waals surface area contributed by atoms with E-state index in [2.05, 4.69) is 19.5 Å². The van der Waals surface area contributed by atoms with E-state index < -0.39 is 0 Å². The highest BCUT2D eigenvalue weighted by Crippen LogP contribution is 2.34. The van der Waals surface area contributed by atoms with E-state index in [0.29, 0.717) is 13.0 Å². The molecule has 7 nitrogen and oxygen atoms in total. The molecule has 0 radical (unpaired) electrons. The van der Waals surface area contributed by atoms with Crippen LogP contribution in [-0.2, 0) is 11.3 Å². The Balaban J connectivity index is 1.91. The smallest absolute Gasteiger partial charge is 0.145 e. The fraction of sp³-hybridized carbons (Fsp3) is 0.278. The van der Waals surface area contributed by atoms with Gasteiger partial charge in [-0.2, -0.15) is 0 Å². The largest absolute Gasteiger partial charge is 0.472 e. The molecule has 25 heavy (non-hydrogen) atoms. The van der Waals surface area contributed by atoms with Crippen LogP contribution in [0.4, 0.5) is 0 Å². The van der Waals surface area contributed by atoms with E-state index in [9.17, 15) is 5.11 Å². The second kappa shape index (κ2) is 6.62. The zero-order valence-electron chi connectivity index (χ0n) is 13.8. The molecule has 4 aromatic heterocycles. The van der Waals surface area contributed by atoms with Gasteiger partial charge in [0.05, 0.1) is 48.0 Å². The number of furan rings is 1. The molecule has 0 aliphatic carbocycles. The normalized spacial score (nSPS) is 12.9. The van der Waals surface area contributed by atoms with Gasteiger partial charge in [0.1, 0.15) is 12.0 Å². The van der Waals surface area contributed by atoms with E-state index in [4.69, 9.17) is 9.15 Å². The lowest BCUT2D eigenvalue weighted by Gasteiger charge is -2.13. The summed E-state index contributed by atoms with van der Waals surface area (Å²) in [5.41, 5.74) is 3.56. The molecule has 4 heterocycles. The summed E-state index contributed by atoms with van der Waals surface area (Å²) in [5.74, 6) is 0. The van der Waals surface area contributed by atoms with Gasteiger partial charge >= 0.3 is 0 Å². The van der Waals surface area contributed by atoms with Crippen LogP contribution < -0.4 is 0 Å². The molecule has 1 N–H and O–H groups in total. The predicted octanol–water partition coefficient (Wildman–Crippen LogP) is 2.64. The number of fused-ring (bicyclic) bond motifs is 3. The van der Waals surface area contributed by atoms with Gasteiger partial charge in [-0.15, -0.1) is 0 Å². The van der Waals surface area contributed by atoms with E-state index in [1.165, 1.54) is 0 Å². The average Bonchev–Trinajstić information content (AvgIpc) is 3.29. The summed E-state index contributed by atoms with van der Waals surface area (Å²) in [6, 6.07) is 3.86. The summed E-state index contributed by atoms with van der Waals surface area (Å²) in [4.78, 5) is 13.2. The second-order valence-electron chi connectivity index (χ2n) is 5.81. The fourth-order valence-corrected chi connectivity index (χ4v) is 3.16. The Kier molecular flexibility index (Phi) is 4.17. The Bertz CT molecular complexity index is 990. The molecule has 0 saturated carbocycles. The molecule has 4 rings (SSSR count). The average molecular weight is 338 g/mol. The number of aryl methyl sites for hydroxylation is 1. The molecule has 0 fully saturated rings. The van der Waals surface area contributed by atoms with Crippen LogP contribution in [0.5, 0.6) is 0 Å². The molecule has 4 aromatic rings. The topological polar surface area (TPSA) is 86.2 Å². The van der Waals surface area contributed by atoms with Crippen molar-refractivity contribution >= 4 is 21.9 Å². The van der Waals surface area contributed by atoms with Gasteiger partial charge in [-0.3, -0.25) is 4.98 Å². The third kappa shape index (κ3) is 2.67. The number of aliphatic hydroxyl groups excluding tert-OH is 1. The van der Waals surface area contributed by atoms with Crippen LogP contribution in [0.3, 0.4) is 0 Å². The van der Waals surface area contributed by atoms with Crippen molar-refractivity contribution < 1.29 is 14.3 Å². The summed E-state index contributed by atoms with van der Waals surface area (Å²) in [6.45, 7) is 0.647. The second-order valence-corrected chi connectivity index (χ2v) is 5.81. The molecular weight excluding hydrogens is 320 g/mol. The quantitative estimate of drug-likeness (QED) is 0.582. The number of nitrogens with zero attached hydrogens (tertiary/aromatic N) is 4. The molecule has 0 aliphatic rings. The van der Waals surface area contributed by atoms with Gasteiger partial charge in [0.25, 0.3) is 0 Å². The van der Waals surface area contributed by atoms with E-state index >= 15 is 0 Å². The SMILES string of the molecule is COC(CO)CCn1c2cnccc2c2c(-c3ccoc3)ncnc21. The zero-order chi connectivity index (χ0) is 17.2. The third-order valence-corrected chi connectivity index (χ3v) is 4.45.